The molecule has 2 aromatic carbocycles. The maximum Gasteiger partial charge on any atom is 0.263 e. The summed E-state index contributed by atoms with van der Waals surface area (Å²) in [7, 11) is -1.78. The largest absolute Gasteiger partial charge is 0.383 e. The van der Waals surface area contributed by atoms with Crippen molar-refractivity contribution in [1.82, 2.24) is 24.3 Å². The Hall–Kier alpha value is -2.81. The number of likely N-dealkylation sites (N-methyl/N-ethyl adjacent to an activating group) is 1. The lowest BCUT2D eigenvalue weighted by molar-refractivity contribution is 0.0828. The van der Waals surface area contributed by atoms with Crippen molar-refractivity contribution in [3.8, 4) is 11.1 Å². The summed E-state index contributed by atoms with van der Waals surface area (Å²) in [5.41, 5.74) is 8.26. The number of aromatic nitrogens is 3. The molecular formula is C29H33FIN7O2S. The van der Waals surface area contributed by atoms with Crippen molar-refractivity contribution >= 4 is 55.2 Å². The first-order valence-electron chi connectivity index (χ1n) is 13.8. The lowest BCUT2D eigenvalue weighted by Gasteiger charge is -2.41. The van der Waals surface area contributed by atoms with Crippen LogP contribution in [0.15, 0.2) is 59.9 Å². The normalized spacial score (nSPS) is 20.9. The fraction of sp³-hybridized carbons (Fsp3) is 0.379. The van der Waals surface area contributed by atoms with Gasteiger partial charge in [0, 0.05) is 53.6 Å². The van der Waals surface area contributed by atoms with Crippen molar-refractivity contribution in [3.63, 3.8) is 0 Å². The maximum absolute atomic E-state index is 15.4. The quantitative estimate of drug-likeness (QED) is 0.276. The van der Waals surface area contributed by atoms with E-state index in [-0.39, 0.29) is 16.6 Å². The highest BCUT2D eigenvalue weighted by atomic mass is 127. The predicted octanol–water partition coefficient (Wildman–Crippen LogP) is 4.96. The highest BCUT2D eigenvalue weighted by Gasteiger charge is 2.30. The molecule has 0 unspecified atom stereocenters. The molecule has 41 heavy (non-hydrogen) atoms. The molecule has 1 saturated carbocycles. The summed E-state index contributed by atoms with van der Waals surface area (Å²) >= 11 is 1.95. The molecule has 0 amide bonds. The first-order chi connectivity index (χ1) is 19.7. The molecule has 1 saturated heterocycles. The molecule has 1 aliphatic carbocycles. The van der Waals surface area contributed by atoms with Crippen molar-refractivity contribution in [2.24, 2.45) is 0 Å². The molecule has 12 heteroatoms. The van der Waals surface area contributed by atoms with Crippen molar-refractivity contribution in [1.29, 1.82) is 0 Å². The number of hydrogen-bond acceptors (Lipinski definition) is 7. The monoisotopic (exact) mass is 689 g/mol. The molecule has 216 valence electrons. The van der Waals surface area contributed by atoms with Crippen LogP contribution in [0.25, 0.3) is 22.2 Å². The molecule has 0 bridgehead atoms. The Morgan fingerprint density at radius 1 is 1.00 bits per heavy atom. The Morgan fingerprint density at radius 2 is 1.71 bits per heavy atom. The van der Waals surface area contributed by atoms with Crippen molar-refractivity contribution in [3.05, 3.63) is 64.4 Å². The number of nitrogen functional groups attached to an aromatic ring is 1. The predicted molar refractivity (Wildman–Crippen MR) is 168 cm³/mol. The van der Waals surface area contributed by atoms with E-state index in [0.717, 1.165) is 63.1 Å². The Morgan fingerprint density at radius 3 is 2.41 bits per heavy atom. The van der Waals surface area contributed by atoms with Crippen LogP contribution < -0.4 is 10.5 Å². The van der Waals surface area contributed by atoms with Crippen molar-refractivity contribution < 1.29 is 12.8 Å². The van der Waals surface area contributed by atoms with Gasteiger partial charge < -0.3 is 15.2 Å². The molecule has 2 aliphatic rings. The van der Waals surface area contributed by atoms with Crippen LogP contribution in [0, 0.1) is 9.39 Å². The first-order valence-corrected chi connectivity index (χ1v) is 16.4. The Labute approximate surface area is 253 Å². The van der Waals surface area contributed by atoms with E-state index >= 15 is 4.39 Å². The van der Waals surface area contributed by atoms with Crippen LogP contribution in [0.2, 0.25) is 0 Å². The highest BCUT2D eigenvalue weighted by molar-refractivity contribution is 14.1. The third kappa shape index (κ3) is 5.66. The Kier molecular flexibility index (Phi) is 7.92. The van der Waals surface area contributed by atoms with E-state index in [1.807, 2.05) is 28.8 Å². The van der Waals surface area contributed by atoms with Gasteiger partial charge in [0.2, 0.25) is 0 Å². The first kappa shape index (κ1) is 28.3. The van der Waals surface area contributed by atoms with Crippen LogP contribution in [0.3, 0.4) is 0 Å². The fourth-order valence-electron chi connectivity index (χ4n) is 6.12. The maximum atomic E-state index is 15.4. The van der Waals surface area contributed by atoms with E-state index in [1.54, 1.807) is 24.3 Å². The minimum atomic E-state index is -3.96. The van der Waals surface area contributed by atoms with Gasteiger partial charge in [0.1, 0.15) is 28.5 Å². The zero-order valence-corrected chi connectivity index (χ0v) is 25.8. The van der Waals surface area contributed by atoms with E-state index in [2.05, 4.69) is 36.1 Å². The molecule has 4 aromatic rings. The molecule has 0 spiro atoms. The number of nitrogens with one attached hydrogen (secondary N) is 1. The van der Waals surface area contributed by atoms with E-state index in [9.17, 15) is 8.42 Å². The molecule has 6 rings (SSSR count). The second kappa shape index (κ2) is 11.5. The number of nitrogens with zero attached hydrogens (tertiary/aromatic N) is 5. The highest BCUT2D eigenvalue weighted by Crippen LogP contribution is 2.39. The smallest absolute Gasteiger partial charge is 0.263 e. The third-order valence-corrected chi connectivity index (χ3v) is 11.1. The van der Waals surface area contributed by atoms with Crippen LogP contribution in [0.5, 0.6) is 0 Å². The lowest BCUT2D eigenvalue weighted by Crippen LogP contribution is -2.49. The summed E-state index contributed by atoms with van der Waals surface area (Å²) in [6.45, 7) is 4.47. The number of fused-ring (bicyclic) bond motifs is 1. The van der Waals surface area contributed by atoms with Gasteiger partial charge in [-0.2, -0.15) is 0 Å². The van der Waals surface area contributed by atoms with E-state index in [1.165, 1.54) is 24.5 Å². The second-order valence-corrected chi connectivity index (χ2v) is 13.8. The Bertz CT molecular complexity index is 1680. The van der Waals surface area contributed by atoms with Gasteiger partial charge in [0.25, 0.3) is 10.0 Å². The molecule has 0 atom stereocenters. The lowest BCUT2D eigenvalue weighted by atomic mass is 9.89. The summed E-state index contributed by atoms with van der Waals surface area (Å²) in [5.74, 6) is -0.347. The molecule has 0 radical (unpaired) electrons. The van der Waals surface area contributed by atoms with Crippen molar-refractivity contribution in [2.45, 2.75) is 42.7 Å². The zero-order chi connectivity index (χ0) is 28.7. The summed E-state index contributed by atoms with van der Waals surface area (Å²) < 4.78 is 46.4. The molecular weight excluding hydrogens is 656 g/mol. The number of rotatable bonds is 6. The number of hydrogen-bond donors (Lipinski definition) is 2. The third-order valence-electron chi connectivity index (χ3n) is 8.40. The molecule has 2 fully saturated rings. The average molecular weight is 690 g/mol. The van der Waals surface area contributed by atoms with E-state index in [4.69, 9.17) is 5.73 Å². The minimum absolute atomic E-state index is 0.0967. The van der Waals surface area contributed by atoms with Gasteiger partial charge in [-0.05, 0) is 85.2 Å². The van der Waals surface area contributed by atoms with Gasteiger partial charge in [-0.3, -0.25) is 9.62 Å². The van der Waals surface area contributed by atoms with Crippen LogP contribution >= 0.6 is 22.6 Å². The topological polar surface area (TPSA) is 109 Å². The van der Waals surface area contributed by atoms with E-state index in [0.29, 0.717) is 26.4 Å². The number of sulfonamides is 1. The zero-order valence-electron chi connectivity index (χ0n) is 22.8. The number of halogens is 2. The molecule has 9 nitrogen and oxygen atoms in total. The van der Waals surface area contributed by atoms with Gasteiger partial charge in [-0.25, -0.2) is 22.8 Å². The molecule has 2 aromatic heterocycles. The summed E-state index contributed by atoms with van der Waals surface area (Å²) in [4.78, 5) is 13.9. The van der Waals surface area contributed by atoms with E-state index < -0.39 is 15.8 Å². The molecule has 1 aliphatic heterocycles. The minimum Gasteiger partial charge on any atom is -0.383 e. The summed E-state index contributed by atoms with van der Waals surface area (Å²) in [5, 5.41) is 0.681. The SMILES string of the molecule is CN1CCN(C2CCC(n3cc(-c4ccc(NS(=O)(=O)c5ccccc5I)c(F)c4)c4c(N)ncnc43)CC2)CC1. The standard InChI is InChI=1S/C29H33FIN7O2S/c1-36-12-14-37(15-13-36)20-7-9-21(10-8-20)38-17-22(27-28(32)33-18-34-29(27)38)19-6-11-25(23(30)16-19)35-41(39,40)26-5-3-2-4-24(26)31/h2-6,11,16-18,20-21,35H,7-10,12-15H2,1H3,(H2,32,33,34). The van der Waals surface area contributed by atoms with Gasteiger partial charge in [-0.1, -0.05) is 18.2 Å². The summed E-state index contributed by atoms with van der Waals surface area (Å²) in [6.07, 6.45) is 7.76. The van der Waals surface area contributed by atoms with Gasteiger partial charge in [0.05, 0.1) is 11.1 Å². The second-order valence-electron chi connectivity index (χ2n) is 10.9. The molecule has 3 N–H and O–H groups in total. The fourth-order valence-corrected chi connectivity index (χ4v) is 8.53. The van der Waals surface area contributed by atoms with Crippen LogP contribution in [0.4, 0.5) is 15.9 Å². The number of benzene rings is 2. The van der Waals surface area contributed by atoms with Gasteiger partial charge in [-0.15, -0.1) is 0 Å². The van der Waals surface area contributed by atoms with Crippen LogP contribution in [-0.4, -0.2) is 72.0 Å². The van der Waals surface area contributed by atoms with Gasteiger partial charge >= 0.3 is 0 Å². The number of anilines is 2. The van der Waals surface area contributed by atoms with Crippen molar-refractivity contribution in [2.75, 3.05) is 43.7 Å². The number of piperazine rings is 1. The van der Waals surface area contributed by atoms with Crippen LogP contribution in [-0.2, 0) is 10.0 Å². The summed E-state index contributed by atoms with van der Waals surface area (Å²) in [6, 6.07) is 11.9. The number of nitrogens with two attached hydrogens (primary N) is 1. The Balaban J connectivity index is 1.27. The van der Waals surface area contributed by atoms with Gasteiger partial charge in [0.15, 0.2) is 0 Å². The average Bonchev–Trinajstić information content (AvgIpc) is 3.36. The van der Waals surface area contributed by atoms with Crippen LogP contribution in [0.1, 0.15) is 31.7 Å². The molecule has 3 heterocycles.